The van der Waals surface area contributed by atoms with Gasteiger partial charge in [0, 0.05) is 23.8 Å². The van der Waals surface area contributed by atoms with E-state index in [4.69, 9.17) is 16.6 Å². The van der Waals surface area contributed by atoms with Gasteiger partial charge in [-0.15, -0.1) is 0 Å². The van der Waals surface area contributed by atoms with E-state index in [0.29, 0.717) is 11.7 Å². The maximum Gasteiger partial charge on any atom is 0.170 e. The average Bonchev–Trinajstić information content (AvgIpc) is 3.50. The summed E-state index contributed by atoms with van der Waals surface area (Å²) in [6, 6.07) is 18.0. The molecule has 0 aromatic carbocycles. The van der Waals surface area contributed by atoms with Crippen molar-refractivity contribution >= 4 is 17.3 Å². The Morgan fingerprint density at radius 2 is 2.00 bits per heavy atom. The molecule has 1 aliphatic heterocycles. The molecule has 1 fully saturated rings. The van der Waals surface area contributed by atoms with E-state index in [2.05, 4.69) is 49.9 Å². The van der Waals surface area contributed by atoms with E-state index in [-0.39, 0.29) is 12.1 Å². The molecule has 0 aliphatic carbocycles. The zero-order valence-electron chi connectivity index (χ0n) is 16.5. The summed E-state index contributed by atoms with van der Waals surface area (Å²) in [6.07, 6.45) is 7.17. The maximum absolute atomic E-state index is 5.76. The summed E-state index contributed by atoms with van der Waals surface area (Å²) < 4.78 is 7.86. The van der Waals surface area contributed by atoms with Crippen molar-refractivity contribution in [3.05, 3.63) is 102 Å². The molecule has 1 aliphatic rings. The minimum Gasteiger partial charge on any atom is -0.467 e. The fraction of sp³-hybridized carbons (Fsp3) is 0.174. The van der Waals surface area contributed by atoms with Gasteiger partial charge in [-0.25, -0.2) is 0 Å². The fourth-order valence-electron chi connectivity index (χ4n) is 4.10. The second-order valence-electron chi connectivity index (χ2n) is 7.28. The number of rotatable bonds is 5. The molecule has 4 aromatic heterocycles. The van der Waals surface area contributed by atoms with Gasteiger partial charge in [-0.1, -0.05) is 6.07 Å². The highest BCUT2D eigenvalue weighted by Gasteiger charge is 2.41. The quantitative estimate of drug-likeness (QED) is 0.489. The number of nitrogens with one attached hydrogen (secondary N) is 1. The summed E-state index contributed by atoms with van der Waals surface area (Å²) in [5.74, 6) is 0.863. The van der Waals surface area contributed by atoms with E-state index in [1.54, 1.807) is 12.5 Å². The minimum absolute atomic E-state index is 0.0635. The molecule has 6 nitrogen and oxygen atoms in total. The number of pyridine rings is 2. The predicted octanol–water partition coefficient (Wildman–Crippen LogP) is 4.34. The van der Waals surface area contributed by atoms with E-state index in [0.717, 1.165) is 28.5 Å². The van der Waals surface area contributed by atoms with Gasteiger partial charge in [0.15, 0.2) is 5.11 Å². The zero-order valence-corrected chi connectivity index (χ0v) is 17.3. The highest BCUT2D eigenvalue weighted by atomic mass is 32.1. The second kappa shape index (κ2) is 7.76. The monoisotopic (exact) mass is 415 g/mol. The van der Waals surface area contributed by atoms with Gasteiger partial charge in [-0.3, -0.25) is 9.97 Å². The van der Waals surface area contributed by atoms with Gasteiger partial charge in [0.25, 0.3) is 0 Å². The van der Waals surface area contributed by atoms with E-state index in [1.807, 2.05) is 48.8 Å². The van der Waals surface area contributed by atoms with Crippen LogP contribution in [-0.2, 0) is 6.54 Å². The third-order valence-corrected chi connectivity index (χ3v) is 5.77. The first-order valence-electron chi connectivity index (χ1n) is 9.81. The number of furan rings is 1. The highest BCUT2D eigenvalue weighted by Crippen LogP contribution is 2.40. The third-order valence-electron chi connectivity index (χ3n) is 5.42. The molecule has 5 rings (SSSR count). The standard InChI is InChI=1S/C23H21N5OS/c1-16-9-10-20(28(16)17-6-4-11-24-14-17)22-21(19-8-2-3-12-25-19)26-23(30)27(22)15-18-7-5-13-29-18/h2-14,21-22H,15H2,1H3,(H,26,30). The number of nitrogens with zero attached hydrogens (tertiary/aromatic N) is 4. The Kier molecular flexibility index (Phi) is 4.80. The van der Waals surface area contributed by atoms with E-state index < -0.39 is 0 Å². The summed E-state index contributed by atoms with van der Waals surface area (Å²) in [4.78, 5) is 11.1. The van der Waals surface area contributed by atoms with Gasteiger partial charge in [-0.2, -0.15) is 0 Å². The first-order valence-corrected chi connectivity index (χ1v) is 10.2. The SMILES string of the molecule is Cc1ccc(C2C(c3ccccn3)NC(=S)N2Cc2ccco2)n1-c1cccnc1. The van der Waals surface area contributed by atoms with Crippen molar-refractivity contribution in [1.29, 1.82) is 0 Å². The van der Waals surface area contributed by atoms with Gasteiger partial charge < -0.3 is 19.2 Å². The van der Waals surface area contributed by atoms with Gasteiger partial charge in [0.1, 0.15) is 5.76 Å². The third kappa shape index (κ3) is 3.27. The first kappa shape index (κ1) is 18.6. The highest BCUT2D eigenvalue weighted by molar-refractivity contribution is 7.80. The average molecular weight is 416 g/mol. The molecule has 150 valence electrons. The molecular weight excluding hydrogens is 394 g/mol. The number of thiocarbonyl (C=S) groups is 1. The summed E-state index contributed by atoms with van der Waals surface area (Å²) in [5, 5.41) is 4.18. The molecule has 30 heavy (non-hydrogen) atoms. The predicted molar refractivity (Wildman–Crippen MR) is 118 cm³/mol. The van der Waals surface area contributed by atoms with Crippen molar-refractivity contribution in [2.45, 2.75) is 25.6 Å². The molecule has 0 spiro atoms. The van der Waals surface area contributed by atoms with E-state index in [1.165, 1.54) is 0 Å². The number of hydrogen-bond acceptors (Lipinski definition) is 4. The van der Waals surface area contributed by atoms with Crippen LogP contribution in [0.5, 0.6) is 0 Å². The number of aromatic nitrogens is 3. The molecule has 7 heteroatoms. The molecule has 0 amide bonds. The summed E-state index contributed by atoms with van der Waals surface area (Å²) in [6.45, 7) is 2.67. The van der Waals surface area contributed by atoms with Crippen LogP contribution in [0.4, 0.5) is 0 Å². The summed E-state index contributed by atoms with van der Waals surface area (Å²) in [7, 11) is 0. The lowest BCUT2D eigenvalue weighted by Gasteiger charge is -2.28. The van der Waals surface area contributed by atoms with Crippen molar-refractivity contribution in [2.24, 2.45) is 0 Å². The minimum atomic E-state index is -0.0848. The van der Waals surface area contributed by atoms with E-state index in [9.17, 15) is 0 Å². The van der Waals surface area contributed by atoms with Gasteiger partial charge in [0.2, 0.25) is 0 Å². The molecular formula is C23H21N5OS. The zero-order chi connectivity index (χ0) is 20.5. The molecule has 1 saturated heterocycles. The van der Waals surface area contributed by atoms with Gasteiger partial charge in [-0.05, 0) is 67.7 Å². The van der Waals surface area contributed by atoms with Gasteiger partial charge in [0.05, 0.1) is 42.5 Å². The van der Waals surface area contributed by atoms with Crippen LogP contribution in [0.15, 0.2) is 83.9 Å². The van der Waals surface area contributed by atoms with Crippen molar-refractivity contribution in [3.63, 3.8) is 0 Å². The van der Waals surface area contributed by atoms with E-state index >= 15 is 0 Å². The van der Waals surface area contributed by atoms with Crippen LogP contribution in [0.1, 0.15) is 34.9 Å². The lowest BCUT2D eigenvalue weighted by atomic mass is 10.0. The maximum atomic E-state index is 5.76. The molecule has 0 saturated carbocycles. The molecule has 4 aromatic rings. The van der Waals surface area contributed by atoms with Crippen molar-refractivity contribution in [2.75, 3.05) is 0 Å². The number of hydrogen-bond donors (Lipinski definition) is 1. The van der Waals surface area contributed by atoms with Crippen LogP contribution in [0.3, 0.4) is 0 Å². The Morgan fingerprint density at radius 1 is 1.07 bits per heavy atom. The Hall–Kier alpha value is -3.45. The summed E-state index contributed by atoms with van der Waals surface area (Å²) in [5.41, 5.74) is 4.22. The lowest BCUT2D eigenvalue weighted by molar-refractivity contribution is 0.280. The Labute approximate surface area is 180 Å². The molecule has 2 unspecified atom stereocenters. The second-order valence-corrected chi connectivity index (χ2v) is 7.67. The van der Waals surface area contributed by atoms with Crippen molar-refractivity contribution in [1.82, 2.24) is 24.8 Å². The summed E-state index contributed by atoms with van der Waals surface area (Å²) >= 11 is 5.76. The van der Waals surface area contributed by atoms with Gasteiger partial charge >= 0.3 is 0 Å². The molecule has 0 bridgehead atoms. The number of aryl methyl sites for hydroxylation is 1. The van der Waals surface area contributed by atoms with Crippen molar-refractivity contribution < 1.29 is 4.42 Å². The molecule has 0 radical (unpaired) electrons. The van der Waals surface area contributed by atoms with Crippen LogP contribution in [-0.4, -0.2) is 24.5 Å². The van der Waals surface area contributed by atoms with Crippen LogP contribution in [0.2, 0.25) is 0 Å². The largest absolute Gasteiger partial charge is 0.467 e. The van der Waals surface area contributed by atoms with Crippen molar-refractivity contribution in [3.8, 4) is 5.69 Å². The lowest BCUT2D eigenvalue weighted by Crippen LogP contribution is -2.30. The normalized spacial score (nSPS) is 18.6. The molecule has 2 atom stereocenters. The Bertz CT molecular complexity index is 1140. The topological polar surface area (TPSA) is 59.1 Å². The Morgan fingerprint density at radius 3 is 2.73 bits per heavy atom. The van der Waals surface area contributed by atoms with Crippen LogP contribution in [0, 0.1) is 6.92 Å². The fourth-order valence-corrected chi connectivity index (χ4v) is 4.40. The Balaban J connectivity index is 1.64. The smallest absolute Gasteiger partial charge is 0.170 e. The van der Waals surface area contributed by atoms with Crippen LogP contribution < -0.4 is 5.32 Å². The molecule has 1 N–H and O–H groups in total. The van der Waals surface area contributed by atoms with Crippen LogP contribution >= 0.6 is 12.2 Å². The first-order chi connectivity index (χ1) is 14.7. The van der Waals surface area contributed by atoms with Crippen LogP contribution in [0.25, 0.3) is 5.69 Å². The molecule has 5 heterocycles.